The van der Waals surface area contributed by atoms with Crippen molar-refractivity contribution in [3.63, 3.8) is 0 Å². The summed E-state index contributed by atoms with van der Waals surface area (Å²) in [5.74, 6) is 0. The summed E-state index contributed by atoms with van der Waals surface area (Å²) in [5.41, 5.74) is 5.66. The first-order chi connectivity index (χ1) is 10.7. The van der Waals surface area contributed by atoms with E-state index in [9.17, 15) is 0 Å². The van der Waals surface area contributed by atoms with Gasteiger partial charge in [-0.3, -0.25) is 4.98 Å². The Hall–Kier alpha value is -2.87. The summed E-state index contributed by atoms with van der Waals surface area (Å²) in [6.07, 6.45) is 11.9. The Labute approximate surface area is 131 Å². The minimum Gasteiger partial charge on any atom is -0.324 e. The number of allylic oxidation sites excluding steroid dienone is 4. The highest BCUT2D eigenvalue weighted by atomic mass is 15.1. The zero-order valence-corrected chi connectivity index (χ0v) is 12.6. The van der Waals surface area contributed by atoms with Crippen molar-refractivity contribution in [1.82, 2.24) is 9.88 Å². The van der Waals surface area contributed by atoms with E-state index in [2.05, 4.69) is 61.1 Å². The summed E-state index contributed by atoms with van der Waals surface area (Å²) in [5, 5.41) is 0. The fraction of sp³-hybridized carbons (Fsp3) is 0.0500. The van der Waals surface area contributed by atoms with E-state index in [0.717, 1.165) is 16.8 Å². The van der Waals surface area contributed by atoms with Crippen molar-refractivity contribution in [3.8, 4) is 0 Å². The van der Waals surface area contributed by atoms with E-state index in [1.54, 1.807) is 12.4 Å². The van der Waals surface area contributed by atoms with Crippen molar-refractivity contribution >= 4 is 11.1 Å². The van der Waals surface area contributed by atoms with Crippen LogP contribution in [-0.2, 0) is 0 Å². The Kier molecular flexibility index (Phi) is 4.01. The van der Waals surface area contributed by atoms with E-state index >= 15 is 0 Å². The summed E-state index contributed by atoms with van der Waals surface area (Å²) in [6.45, 7) is 6.27. The minimum atomic E-state index is 0.949. The van der Waals surface area contributed by atoms with Gasteiger partial charge in [-0.2, -0.15) is 0 Å². The Balaban J connectivity index is 1.81. The van der Waals surface area contributed by atoms with Crippen LogP contribution in [0.5, 0.6) is 0 Å². The van der Waals surface area contributed by atoms with Crippen molar-refractivity contribution in [1.29, 1.82) is 0 Å². The van der Waals surface area contributed by atoms with Gasteiger partial charge in [0, 0.05) is 30.5 Å². The number of pyridine rings is 1. The van der Waals surface area contributed by atoms with Crippen molar-refractivity contribution < 1.29 is 0 Å². The topological polar surface area (TPSA) is 16.1 Å². The van der Waals surface area contributed by atoms with Gasteiger partial charge in [-0.1, -0.05) is 36.9 Å². The van der Waals surface area contributed by atoms with Crippen LogP contribution in [-0.4, -0.2) is 9.88 Å². The van der Waals surface area contributed by atoms with Gasteiger partial charge in [0.1, 0.15) is 0 Å². The molecule has 108 valence electrons. The Bertz CT molecular complexity index is 753. The van der Waals surface area contributed by atoms with E-state index in [1.165, 1.54) is 11.1 Å². The molecule has 2 nitrogen and oxygen atoms in total. The van der Waals surface area contributed by atoms with E-state index in [-0.39, 0.29) is 0 Å². The third kappa shape index (κ3) is 3.07. The zero-order valence-electron chi connectivity index (χ0n) is 12.6. The molecule has 2 heteroatoms. The highest BCUT2D eigenvalue weighted by molar-refractivity contribution is 5.77. The molecule has 22 heavy (non-hydrogen) atoms. The predicted octanol–water partition coefficient (Wildman–Crippen LogP) is 4.87. The van der Waals surface area contributed by atoms with Gasteiger partial charge in [0.05, 0.1) is 0 Å². The van der Waals surface area contributed by atoms with Crippen molar-refractivity contribution in [2.75, 3.05) is 0 Å². The molecule has 1 aromatic carbocycles. The van der Waals surface area contributed by atoms with Crippen LogP contribution in [0.2, 0.25) is 0 Å². The summed E-state index contributed by atoms with van der Waals surface area (Å²) in [4.78, 5) is 6.10. The van der Waals surface area contributed by atoms with Crippen LogP contribution in [0, 0.1) is 0 Å². The largest absolute Gasteiger partial charge is 0.324 e. The molecule has 2 heterocycles. The van der Waals surface area contributed by atoms with Crippen molar-refractivity contribution in [3.05, 3.63) is 103 Å². The van der Waals surface area contributed by atoms with Crippen molar-refractivity contribution in [2.24, 2.45) is 0 Å². The van der Waals surface area contributed by atoms with Gasteiger partial charge < -0.3 is 4.90 Å². The van der Waals surface area contributed by atoms with Crippen LogP contribution in [0.1, 0.15) is 18.1 Å². The first-order valence-electron chi connectivity index (χ1n) is 7.25. The molecule has 0 amide bonds. The molecule has 1 aliphatic rings. The molecule has 0 spiro atoms. The monoisotopic (exact) mass is 286 g/mol. The Morgan fingerprint density at radius 2 is 1.82 bits per heavy atom. The molecule has 0 atom stereocenters. The quantitative estimate of drug-likeness (QED) is 0.800. The van der Waals surface area contributed by atoms with E-state index in [4.69, 9.17) is 0 Å². The molecule has 1 aliphatic heterocycles. The average molecular weight is 286 g/mol. The second kappa shape index (κ2) is 6.27. The molecule has 0 N–H and O–H groups in total. The van der Waals surface area contributed by atoms with Gasteiger partial charge in [0.2, 0.25) is 0 Å². The lowest BCUT2D eigenvalue weighted by Crippen LogP contribution is -2.10. The standard InChI is InChI=1S/C20H18N2/c1-16(18-6-4-3-5-7-18)15-22-13-10-20(14-17(22)2)19-8-11-21-12-9-19/h3-15H,2H2,1H3/b16-15+. The molecule has 2 aromatic rings. The van der Waals surface area contributed by atoms with Crippen LogP contribution >= 0.6 is 0 Å². The SMILES string of the molecule is C=C1C=C(c2ccncc2)C=CN1/C=C(\C)c1ccccc1. The number of rotatable bonds is 3. The Morgan fingerprint density at radius 1 is 1.09 bits per heavy atom. The summed E-state index contributed by atoms with van der Waals surface area (Å²) < 4.78 is 0. The molecule has 3 rings (SSSR count). The number of benzene rings is 1. The molecule has 0 saturated carbocycles. The molecule has 0 bridgehead atoms. The lowest BCUT2D eigenvalue weighted by Gasteiger charge is -2.22. The van der Waals surface area contributed by atoms with Gasteiger partial charge in [-0.05, 0) is 53.5 Å². The number of hydrogen-bond acceptors (Lipinski definition) is 2. The molecule has 0 radical (unpaired) electrons. The summed E-state index contributed by atoms with van der Waals surface area (Å²) >= 11 is 0. The van der Waals surface area contributed by atoms with Crippen LogP contribution in [0.4, 0.5) is 0 Å². The molecule has 0 unspecified atom stereocenters. The fourth-order valence-corrected chi connectivity index (χ4v) is 2.39. The number of aromatic nitrogens is 1. The third-order valence-corrected chi connectivity index (χ3v) is 3.64. The van der Waals surface area contributed by atoms with Gasteiger partial charge in [0.15, 0.2) is 0 Å². The lowest BCUT2D eigenvalue weighted by molar-refractivity contribution is 0.652. The lowest BCUT2D eigenvalue weighted by atomic mass is 10.0. The van der Waals surface area contributed by atoms with E-state index < -0.39 is 0 Å². The molecular weight excluding hydrogens is 268 g/mol. The first kappa shape index (κ1) is 14.1. The second-order valence-electron chi connectivity index (χ2n) is 5.23. The molecule has 0 aliphatic carbocycles. The highest BCUT2D eigenvalue weighted by Crippen LogP contribution is 2.25. The molecule has 0 saturated heterocycles. The fourth-order valence-electron chi connectivity index (χ4n) is 2.39. The maximum atomic E-state index is 4.16. The normalized spacial score (nSPS) is 15.0. The zero-order chi connectivity index (χ0) is 15.4. The van der Waals surface area contributed by atoms with Crippen LogP contribution < -0.4 is 0 Å². The minimum absolute atomic E-state index is 0.949. The van der Waals surface area contributed by atoms with Crippen LogP contribution in [0.25, 0.3) is 11.1 Å². The summed E-state index contributed by atoms with van der Waals surface area (Å²) in [6, 6.07) is 14.4. The van der Waals surface area contributed by atoms with Gasteiger partial charge in [-0.25, -0.2) is 0 Å². The second-order valence-corrected chi connectivity index (χ2v) is 5.23. The predicted molar refractivity (Wildman–Crippen MR) is 92.4 cm³/mol. The molecular formula is C20H18N2. The average Bonchev–Trinajstić information content (AvgIpc) is 2.58. The maximum absolute atomic E-state index is 4.16. The molecule has 1 aromatic heterocycles. The number of nitrogens with zero attached hydrogens (tertiary/aromatic N) is 2. The third-order valence-electron chi connectivity index (χ3n) is 3.64. The highest BCUT2D eigenvalue weighted by Gasteiger charge is 2.09. The smallest absolute Gasteiger partial charge is 0.0383 e. The van der Waals surface area contributed by atoms with Crippen LogP contribution in [0.3, 0.4) is 0 Å². The summed E-state index contributed by atoms with van der Waals surface area (Å²) in [7, 11) is 0. The van der Waals surface area contributed by atoms with Crippen molar-refractivity contribution in [2.45, 2.75) is 6.92 Å². The van der Waals surface area contributed by atoms with E-state index in [1.807, 2.05) is 29.3 Å². The number of hydrogen-bond donors (Lipinski definition) is 0. The van der Waals surface area contributed by atoms with Gasteiger partial charge in [-0.15, -0.1) is 0 Å². The van der Waals surface area contributed by atoms with Crippen LogP contribution in [0.15, 0.2) is 91.7 Å². The van der Waals surface area contributed by atoms with Gasteiger partial charge >= 0.3 is 0 Å². The first-order valence-corrected chi connectivity index (χ1v) is 7.25. The maximum Gasteiger partial charge on any atom is 0.0383 e. The van der Waals surface area contributed by atoms with E-state index in [0.29, 0.717) is 0 Å². The van der Waals surface area contributed by atoms with Gasteiger partial charge in [0.25, 0.3) is 0 Å². The molecule has 0 fully saturated rings. The Morgan fingerprint density at radius 3 is 2.50 bits per heavy atom.